The van der Waals surface area contributed by atoms with Gasteiger partial charge in [0.2, 0.25) is 0 Å². The Hall–Kier alpha value is -3.20. The lowest BCUT2D eigenvalue weighted by Crippen LogP contribution is -2.38. The molecule has 0 spiro atoms. The lowest BCUT2D eigenvalue weighted by atomic mass is 9.65. The van der Waals surface area contributed by atoms with Crippen LogP contribution in [-0.2, 0) is 5.41 Å². The van der Waals surface area contributed by atoms with Crippen molar-refractivity contribution >= 4 is 0 Å². The molecule has 1 fully saturated rings. The fourth-order valence-corrected chi connectivity index (χ4v) is 5.74. The molecule has 2 aliphatic carbocycles. The first-order valence-electron chi connectivity index (χ1n) is 10.0. The molecule has 0 amide bonds. The lowest BCUT2D eigenvalue weighted by molar-refractivity contribution is 0.242. The van der Waals surface area contributed by atoms with Crippen molar-refractivity contribution in [2.45, 2.75) is 44.9 Å². The van der Waals surface area contributed by atoms with Gasteiger partial charge in [0.25, 0.3) is 0 Å². The van der Waals surface area contributed by atoms with E-state index in [0.717, 1.165) is 35.4 Å². The van der Waals surface area contributed by atoms with Crippen LogP contribution in [0.4, 0.5) is 8.78 Å². The van der Waals surface area contributed by atoms with Crippen molar-refractivity contribution < 1.29 is 8.78 Å². The largest absolute Gasteiger partial charge is 0.241 e. The Balaban J connectivity index is 1.76. The standard InChI is InChI=1S/C24H20F2N4/c1-13-7-8-14(12-27)28-21(13)24-10-9-16(23(24,2)3)15-11-19(29-30-22(15)24)20-17(25)5-4-6-18(20)26/h4-8,11,16H,9-10H2,1-3H3/t16-,24-/m0/s1. The van der Waals surface area contributed by atoms with Crippen molar-refractivity contribution in [3.63, 3.8) is 0 Å². The zero-order valence-electron chi connectivity index (χ0n) is 17.0. The van der Waals surface area contributed by atoms with Crippen LogP contribution in [0.1, 0.15) is 60.8 Å². The van der Waals surface area contributed by atoms with Crippen molar-refractivity contribution in [3.05, 3.63) is 76.2 Å². The van der Waals surface area contributed by atoms with Crippen molar-refractivity contribution in [2.75, 3.05) is 0 Å². The fourth-order valence-electron chi connectivity index (χ4n) is 5.74. The molecule has 1 saturated carbocycles. The summed E-state index contributed by atoms with van der Waals surface area (Å²) in [6, 6.07) is 11.4. The van der Waals surface area contributed by atoms with Crippen LogP contribution in [0.25, 0.3) is 11.3 Å². The second kappa shape index (κ2) is 6.15. The first-order valence-corrected chi connectivity index (χ1v) is 10.0. The van der Waals surface area contributed by atoms with Gasteiger partial charge in [0.1, 0.15) is 23.4 Å². The number of aromatic nitrogens is 3. The minimum atomic E-state index is -0.652. The van der Waals surface area contributed by atoms with Crippen LogP contribution in [0, 0.1) is 35.3 Å². The van der Waals surface area contributed by atoms with Crippen molar-refractivity contribution in [1.29, 1.82) is 5.26 Å². The normalized spacial score (nSPS) is 23.3. The fraction of sp³-hybridized carbons (Fsp3) is 0.333. The van der Waals surface area contributed by atoms with Crippen LogP contribution >= 0.6 is 0 Å². The molecular weight excluding hydrogens is 382 g/mol. The molecule has 0 saturated heterocycles. The summed E-state index contributed by atoms with van der Waals surface area (Å²) in [7, 11) is 0. The molecule has 150 valence electrons. The SMILES string of the molecule is Cc1ccc(C#N)nc1[C@@]12CC[C@@H](c3cc(-c4c(F)cccc4F)nnc31)C2(C)C. The van der Waals surface area contributed by atoms with Gasteiger partial charge >= 0.3 is 0 Å². The number of benzene rings is 1. The average molecular weight is 402 g/mol. The van der Waals surface area contributed by atoms with Gasteiger partial charge in [-0.25, -0.2) is 13.8 Å². The van der Waals surface area contributed by atoms with E-state index in [4.69, 9.17) is 4.98 Å². The van der Waals surface area contributed by atoms with Gasteiger partial charge in [-0.15, -0.1) is 5.10 Å². The number of halogens is 2. The third-order valence-corrected chi connectivity index (χ3v) is 7.22. The van der Waals surface area contributed by atoms with Gasteiger partial charge in [-0.05, 0) is 66.5 Å². The molecule has 0 unspecified atom stereocenters. The van der Waals surface area contributed by atoms with E-state index < -0.39 is 17.0 Å². The molecule has 2 aliphatic rings. The highest BCUT2D eigenvalue weighted by Gasteiger charge is 2.65. The average Bonchev–Trinajstić information content (AvgIpc) is 3.09. The molecule has 0 radical (unpaired) electrons. The minimum Gasteiger partial charge on any atom is -0.241 e. The van der Waals surface area contributed by atoms with Gasteiger partial charge in [0, 0.05) is 0 Å². The lowest BCUT2D eigenvalue weighted by Gasteiger charge is -2.38. The Morgan fingerprint density at radius 2 is 1.80 bits per heavy atom. The highest BCUT2D eigenvalue weighted by Crippen LogP contribution is 2.69. The summed E-state index contributed by atoms with van der Waals surface area (Å²) >= 11 is 0. The molecule has 30 heavy (non-hydrogen) atoms. The number of hydrogen-bond donors (Lipinski definition) is 0. The van der Waals surface area contributed by atoms with Crippen LogP contribution in [0.15, 0.2) is 36.4 Å². The van der Waals surface area contributed by atoms with Gasteiger partial charge in [-0.1, -0.05) is 26.0 Å². The Bertz CT molecular complexity index is 1220. The molecular formula is C24H20F2N4. The molecule has 0 N–H and O–H groups in total. The van der Waals surface area contributed by atoms with Gasteiger partial charge in [0.15, 0.2) is 0 Å². The van der Waals surface area contributed by atoms with E-state index in [0.29, 0.717) is 5.69 Å². The second-order valence-corrected chi connectivity index (χ2v) is 8.82. The molecule has 0 aliphatic heterocycles. The summed E-state index contributed by atoms with van der Waals surface area (Å²) in [4.78, 5) is 4.70. The Labute approximate surface area is 173 Å². The molecule has 6 heteroatoms. The third-order valence-electron chi connectivity index (χ3n) is 7.22. The summed E-state index contributed by atoms with van der Waals surface area (Å²) < 4.78 is 28.7. The highest BCUT2D eigenvalue weighted by atomic mass is 19.1. The first-order chi connectivity index (χ1) is 14.3. The van der Waals surface area contributed by atoms with Crippen molar-refractivity contribution in [2.24, 2.45) is 5.41 Å². The number of nitrogens with zero attached hydrogens (tertiary/aromatic N) is 4. The smallest absolute Gasteiger partial charge is 0.140 e. The summed E-state index contributed by atoms with van der Waals surface area (Å²) in [5.41, 5.74) is 3.37. The number of hydrogen-bond acceptors (Lipinski definition) is 4. The van der Waals surface area contributed by atoms with E-state index in [9.17, 15) is 14.0 Å². The molecule has 3 aromatic rings. The molecule has 5 rings (SSSR count). The van der Waals surface area contributed by atoms with E-state index in [1.165, 1.54) is 18.2 Å². The molecule has 2 atom stereocenters. The topological polar surface area (TPSA) is 62.5 Å². The third kappa shape index (κ3) is 2.21. The number of fused-ring (bicyclic) bond motifs is 5. The maximum Gasteiger partial charge on any atom is 0.140 e. The van der Waals surface area contributed by atoms with Gasteiger partial charge in [0.05, 0.1) is 28.1 Å². The Morgan fingerprint density at radius 1 is 1.07 bits per heavy atom. The minimum absolute atomic E-state index is 0.150. The molecule has 2 heterocycles. The van der Waals surface area contributed by atoms with Gasteiger partial charge < -0.3 is 0 Å². The number of nitriles is 1. The predicted octanol–water partition coefficient (Wildman–Crippen LogP) is 5.20. The van der Waals surface area contributed by atoms with E-state index in [1.54, 1.807) is 12.1 Å². The molecule has 1 aromatic carbocycles. The maximum absolute atomic E-state index is 14.4. The molecule has 2 aromatic heterocycles. The monoisotopic (exact) mass is 402 g/mol. The first kappa shape index (κ1) is 18.8. The van der Waals surface area contributed by atoms with Gasteiger partial charge in [-0.3, -0.25) is 0 Å². The Kier molecular flexibility index (Phi) is 3.85. The van der Waals surface area contributed by atoms with Crippen LogP contribution in [-0.4, -0.2) is 15.2 Å². The number of pyridine rings is 1. The number of aryl methyl sites for hydroxylation is 1. The highest BCUT2D eigenvalue weighted by molar-refractivity contribution is 5.64. The summed E-state index contributed by atoms with van der Waals surface area (Å²) in [6.45, 7) is 6.38. The van der Waals surface area contributed by atoms with E-state index >= 15 is 0 Å². The summed E-state index contributed by atoms with van der Waals surface area (Å²) in [5, 5.41) is 18.2. The summed E-state index contributed by atoms with van der Waals surface area (Å²) in [6.07, 6.45) is 1.77. The number of rotatable bonds is 2. The van der Waals surface area contributed by atoms with E-state index in [1.807, 2.05) is 13.0 Å². The zero-order chi connectivity index (χ0) is 21.3. The zero-order valence-corrected chi connectivity index (χ0v) is 17.0. The van der Waals surface area contributed by atoms with Crippen LogP contribution < -0.4 is 0 Å². The quantitative estimate of drug-likeness (QED) is 0.591. The Morgan fingerprint density at radius 3 is 2.50 bits per heavy atom. The van der Waals surface area contributed by atoms with Crippen molar-refractivity contribution in [3.8, 4) is 17.3 Å². The van der Waals surface area contributed by atoms with Crippen LogP contribution in [0.3, 0.4) is 0 Å². The van der Waals surface area contributed by atoms with Crippen LogP contribution in [0.2, 0.25) is 0 Å². The maximum atomic E-state index is 14.4. The molecule has 2 bridgehead atoms. The molecule has 4 nitrogen and oxygen atoms in total. The van der Waals surface area contributed by atoms with E-state index in [-0.39, 0.29) is 22.6 Å². The van der Waals surface area contributed by atoms with Crippen molar-refractivity contribution in [1.82, 2.24) is 15.2 Å². The predicted molar refractivity (Wildman–Crippen MR) is 108 cm³/mol. The van der Waals surface area contributed by atoms with Crippen LogP contribution in [0.5, 0.6) is 0 Å². The van der Waals surface area contributed by atoms with Gasteiger partial charge in [-0.2, -0.15) is 10.4 Å². The second-order valence-electron chi connectivity index (χ2n) is 8.82. The van der Waals surface area contributed by atoms with E-state index in [2.05, 4.69) is 30.1 Å². The summed E-state index contributed by atoms with van der Waals surface area (Å²) in [5.74, 6) is -1.13.